The van der Waals surface area contributed by atoms with Crippen LogP contribution in [-0.2, 0) is 12.7 Å². The van der Waals surface area contributed by atoms with Gasteiger partial charge in [0.25, 0.3) is 0 Å². The number of alkyl halides is 3. The van der Waals surface area contributed by atoms with E-state index in [-0.39, 0.29) is 17.9 Å². The van der Waals surface area contributed by atoms with Crippen molar-refractivity contribution in [3.63, 3.8) is 0 Å². The zero-order valence-electron chi connectivity index (χ0n) is 17.8. The number of aromatic nitrogens is 3. The molecule has 1 aliphatic carbocycles. The van der Waals surface area contributed by atoms with Crippen LogP contribution in [0.25, 0.3) is 0 Å². The van der Waals surface area contributed by atoms with Gasteiger partial charge in [0.2, 0.25) is 5.95 Å². The number of halogens is 4. The standard InChI is InChI=1S/C22H21F4N5OS/c1-14-27-19(28-20(32)30(14)12-17-6-7-18(33-17)22(24,25)26)29-10-11-31(21(13-29)8-9-21)16-4-2-15(23)3-5-16/h2-7H,8-13H2,1H3. The third-order valence-electron chi connectivity index (χ3n) is 6.23. The maximum atomic E-state index is 13.3. The maximum Gasteiger partial charge on any atom is 0.425 e. The Bertz CT molecular complexity index is 1230. The number of hydrogen-bond acceptors (Lipinski definition) is 6. The molecule has 0 bridgehead atoms. The Morgan fingerprint density at radius 1 is 1.06 bits per heavy atom. The summed E-state index contributed by atoms with van der Waals surface area (Å²) in [6.45, 7) is 3.59. The van der Waals surface area contributed by atoms with Crippen LogP contribution in [0.4, 0.5) is 29.2 Å². The van der Waals surface area contributed by atoms with Crippen LogP contribution in [-0.4, -0.2) is 39.7 Å². The zero-order chi connectivity index (χ0) is 23.4. The lowest BCUT2D eigenvalue weighted by Crippen LogP contribution is -2.56. The SMILES string of the molecule is Cc1nc(N2CCN(c3ccc(F)cc3)C3(CC3)C2)nc(=O)n1Cc1ccc(C(F)(F)F)s1. The summed E-state index contributed by atoms with van der Waals surface area (Å²) in [5.41, 5.74) is 0.341. The fourth-order valence-electron chi connectivity index (χ4n) is 4.35. The lowest BCUT2D eigenvalue weighted by Gasteiger charge is -2.43. The second kappa shape index (κ2) is 7.82. The third-order valence-corrected chi connectivity index (χ3v) is 7.35. The van der Waals surface area contributed by atoms with E-state index in [0.717, 1.165) is 24.6 Å². The lowest BCUT2D eigenvalue weighted by atomic mass is 10.1. The van der Waals surface area contributed by atoms with Crippen LogP contribution in [0.3, 0.4) is 0 Å². The second-order valence-electron chi connectivity index (χ2n) is 8.48. The summed E-state index contributed by atoms with van der Waals surface area (Å²) in [6, 6.07) is 8.86. The van der Waals surface area contributed by atoms with Gasteiger partial charge in [-0.15, -0.1) is 11.3 Å². The summed E-state index contributed by atoms with van der Waals surface area (Å²) in [7, 11) is 0. The van der Waals surface area contributed by atoms with E-state index in [1.807, 2.05) is 4.90 Å². The van der Waals surface area contributed by atoms with Gasteiger partial charge in [-0.3, -0.25) is 4.57 Å². The van der Waals surface area contributed by atoms with Gasteiger partial charge in [0.1, 0.15) is 16.5 Å². The van der Waals surface area contributed by atoms with Crippen LogP contribution in [0, 0.1) is 12.7 Å². The molecular weight excluding hydrogens is 458 g/mol. The summed E-state index contributed by atoms with van der Waals surface area (Å²) in [6.07, 6.45) is -2.44. The molecule has 0 atom stereocenters. The quantitative estimate of drug-likeness (QED) is 0.528. The molecule has 1 spiro atoms. The molecule has 1 aliphatic heterocycles. The first-order chi connectivity index (χ1) is 15.6. The number of aryl methyl sites for hydroxylation is 1. The number of piperazine rings is 1. The fraction of sp³-hybridized carbons (Fsp3) is 0.409. The van der Waals surface area contributed by atoms with E-state index >= 15 is 0 Å². The van der Waals surface area contributed by atoms with E-state index in [1.54, 1.807) is 19.1 Å². The van der Waals surface area contributed by atoms with Gasteiger partial charge in [-0.2, -0.15) is 23.1 Å². The number of nitrogens with zero attached hydrogens (tertiary/aromatic N) is 5. The highest BCUT2D eigenvalue weighted by Crippen LogP contribution is 2.46. The number of thiophene rings is 1. The molecule has 0 amide bonds. The molecule has 2 aromatic heterocycles. The minimum atomic E-state index is -4.40. The molecule has 3 heterocycles. The lowest BCUT2D eigenvalue weighted by molar-refractivity contribution is -0.134. The van der Waals surface area contributed by atoms with Crippen LogP contribution in [0.1, 0.15) is 28.4 Å². The van der Waals surface area contributed by atoms with E-state index in [1.165, 1.54) is 22.8 Å². The Morgan fingerprint density at radius 2 is 1.79 bits per heavy atom. The predicted octanol–water partition coefficient (Wildman–Crippen LogP) is 4.07. The average Bonchev–Trinajstić information content (AvgIpc) is 3.33. The van der Waals surface area contributed by atoms with Crippen LogP contribution in [0.2, 0.25) is 0 Å². The second-order valence-corrected chi connectivity index (χ2v) is 9.65. The Labute approximate surface area is 191 Å². The van der Waals surface area contributed by atoms with E-state index in [2.05, 4.69) is 14.9 Å². The van der Waals surface area contributed by atoms with E-state index in [0.29, 0.717) is 47.6 Å². The van der Waals surface area contributed by atoms with Crippen molar-refractivity contribution in [3.8, 4) is 0 Å². The first kappa shape index (κ1) is 21.9. The Balaban J connectivity index is 1.34. The molecule has 1 aromatic carbocycles. The van der Waals surface area contributed by atoms with E-state index in [9.17, 15) is 22.4 Å². The highest BCUT2D eigenvalue weighted by Gasteiger charge is 2.52. The van der Waals surface area contributed by atoms with Gasteiger partial charge in [-0.05, 0) is 56.2 Å². The molecular formula is C22H21F4N5OS. The molecule has 1 saturated carbocycles. The monoisotopic (exact) mass is 479 g/mol. The number of hydrogen-bond donors (Lipinski definition) is 0. The van der Waals surface area contributed by atoms with Gasteiger partial charge in [0.15, 0.2) is 0 Å². The fourth-order valence-corrected chi connectivity index (χ4v) is 5.22. The van der Waals surface area contributed by atoms with Crippen molar-refractivity contribution < 1.29 is 17.6 Å². The summed E-state index contributed by atoms with van der Waals surface area (Å²) in [4.78, 5) is 25.4. The largest absolute Gasteiger partial charge is 0.425 e. The molecule has 0 radical (unpaired) electrons. The molecule has 0 N–H and O–H groups in total. The Kier molecular flexibility index (Phi) is 5.19. The first-order valence-electron chi connectivity index (χ1n) is 10.5. The highest BCUT2D eigenvalue weighted by atomic mass is 32.1. The summed E-state index contributed by atoms with van der Waals surface area (Å²) < 4.78 is 53.2. The normalized spacial score (nSPS) is 17.6. The molecule has 33 heavy (non-hydrogen) atoms. The van der Waals surface area contributed by atoms with Crippen molar-refractivity contribution in [3.05, 3.63) is 68.3 Å². The van der Waals surface area contributed by atoms with Gasteiger partial charge >= 0.3 is 11.9 Å². The predicted molar refractivity (Wildman–Crippen MR) is 117 cm³/mol. The number of anilines is 2. The van der Waals surface area contributed by atoms with Crippen molar-refractivity contribution in [2.75, 3.05) is 29.4 Å². The van der Waals surface area contributed by atoms with Crippen molar-refractivity contribution in [2.24, 2.45) is 0 Å². The van der Waals surface area contributed by atoms with E-state index in [4.69, 9.17) is 0 Å². The minimum Gasteiger partial charge on any atom is -0.362 e. The van der Waals surface area contributed by atoms with Gasteiger partial charge in [0, 0.05) is 30.2 Å². The molecule has 1 saturated heterocycles. The Hall–Kier alpha value is -2.95. The molecule has 11 heteroatoms. The van der Waals surface area contributed by atoms with Gasteiger partial charge < -0.3 is 9.80 Å². The molecule has 5 rings (SSSR count). The zero-order valence-corrected chi connectivity index (χ0v) is 18.6. The molecule has 2 aliphatic rings. The van der Waals surface area contributed by atoms with Crippen molar-refractivity contribution in [1.29, 1.82) is 0 Å². The number of rotatable bonds is 4. The average molecular weight is 480 g/mol. The molecule has 174 valence electrons. The van der Waals surface area contributed by atoms with Gasteiger partial charge in [0.05, 0.1) is 12.1 Å². The summed E-state index contributed by atoms with van der Waals surface area (Å²) in [5, 5.41) is 0. The van der Waals surface area contributed by atoms with Crippen LogP contribution >= 0.6 is 11.3 Å². The minimum absolute atomic E-state index is 0.00598. The number of benzene rings is 1. The molecule has 2 fully saturated rings. The van der Waals surface area contributed by atoms with Crippen LogP contribution in [0.15, 0.2) is 41.2 Å². The van der Waals surface area contributed by atoms with Crippen molar-refractivity contribution in [1.82, 2.24) is 14.5 Å². The molecule has 6 nitrogen and oxygen atoms in total. The van der Waals surface area contributed by atoms with Gasteiger partial charge in [-0.1, -0.05) is 0 Å². The van der Waals surface area contributed by atoms with Crippen molar-refractivity contribution in [2.45, 2.75) is 38.0 Å². The van der Waals surface area contributed by atoms with Crippen LogP contribution in [0.5, 0.6) is 0 Å². The smallest absolute Gasteiger partial charge is 0.362 e. The summed E-state index contributed by atoms with van der Waals surface area (Å²) in [5.74, 6) is 0.461. The first-order valence-corrected chi connectivity index (χ1v) is 11.4. The third kappa shape index (κ3) is 4.21. The van der Waals surface area contributed by atoms with Crippen LogP contribution < -0.4 is 15.5 Å². The molecule has 3 aromatic rings. The topological polar surface area (TPSA) is 54.3 Å². The maximum absolute atomic E-state index is 13.3. The van der Waals surface area contributed by atoms with Crippen molar-refractivity contribution >= 4 is 23.0 Å². The van der Waals surface area contributed by atoms with E-state index < -0.39 is 16.7 Å². The summed E-state index contributed by atoms with van der Waals surface area (Å²) >= 11 is 0.612. The molecule has 0 unspecified atom stereocenters. The Morgan fingerprint density at radius 3 is 2.39 bits per heavy atom. The highest BCUT2D eigenvalue weighted by molar-refractivity contribution is 7.12. The van der Waals surface area contributed by atoms with Gasteiger partial charge in [-0.25, -0.2) is 9.18 Å².